The van der Waals surface area contributed by atoms with Gasteiger partial charge in [-0.1, -0.05) is 0 Å². The highest BCUT2D eigenvalue weighted by atomic mass is 16.6. The molecule has 7 heteroatoms. The molecular formula is C20H31N3O4. The Balaban J connectivity index is 1.08. The van der Waals surface area contributed by atoms with Gasteiger partial charge in [-0.3, -0.25) is 9.69 Å². The van der Waals surface area contributed by atoms with Crippen molar-refractivity contribution >= 4 is 12.0 Å². The van der Waals surface area contributed by atoms with Gasteiger partial charge in [0.1, 0.15) is 6.73 Å². The summed E-state index contributed by atoms with van der Waals surface area (Å²) >= 11 is 0. The van der Waals surface area contributed by atoms with Crippen molar-refractivity contribution in [1.82, 2.24) is 14.7 Å². The monoisotopic (exact) mass is 377 g/mol. The lowest BCUT2D eigenvalue weighted by Crippen LogP contribution is -2.52. The van der Waals surface area contributed by atoms with Crippen molar-refractivity contribution in [1.29, 1.82) is 0 Å². The maximum absolute atomic E-state index is 12.7. The molecule has 2 saturated carbocycles. The molecule has 5 rings (SSSR count). The largest absolute Gasteiger partial charge is 0.450 e. The van der Waals surface area contributed by atoms with E-state index in [1.165, 1.54) is 12.8 Å². The summed E-state index contributed by atoms with van der Waals surface area (Å²) in [5, 5.41) is 0. The molecule has 0 N–H and O–H groups in total. The fraction of sp³-hybridized carbons (Fsp3) is 0.900. The molecule has 0 aromatic heterocycles. The Kier molecular flexibility index (Phi) is 4.35. The first-order valence-electron chi connectivity index (χ1n) is 10.6. The molecule has 3 saturated heterocycles. The molecule has 150 valence electrons. The molecule has 0 bridgehead atoms. The summed E-state index contributed by atoms with van der Waals surface area (Å²) in [5.41, 5.74) is 0.324. The normalized spacial score (nSPS) is 40.8. The summed E-state index contributed by atoms with van der Waals surface area (Å²) in [4.78, 5) is 31.0. The molecule has 27 heavy (non-hydrogen) atoms. The number of rotatable bonds is 3. The number of carbonyl (C=O) groups is 2. The minimum atomic E-state index is -0.150. The Morgan fingerprint density at radius 3 is 2.59 bits per heavy atom. The van der Waals surface area contributed by atoms with Gasteiger partial charge in [-0.2, -0.15) is 0 Å². The van der Waals surface area contributed by atoms with E-state index in [0.29, 0.717) is 42.5 Å². The zero-order valence-corrected chi connectivity index (χ0v) is 16.3. The number of nitrogens with zero attached hydrogens (tertiary/aromatic N) is 3. The van der Waals surface area contributed by atoms with Gasteiger partial charge < -0.3 is 19.3 Å². The van der Waals surface area contributed by atoms with Gasteiger partial charge in [-0.05, 0) is 49.9 Å². The Labute approximate surface area is 160 Å². The van der Waals surface area contributed by atoms with E-state index in [-0.39, 0.29) is 12.0 Å². The molecule has 2 amide bonds. The first kappa shape index (κ1) is 17.7. The maximum atomic E-state index is 12.7. The molecule has 0 aromatic carbocycles. The quantitative estimate of drug-likeness (QED) is 0.744. The lowest BCUT2D eigenvalue weighted by atomic mass is 9.64. The third kappa shape index (κ3) is 3.03. The van der Waals surface area contributed by atoms with Gasteiger partial charge in [-0.25, -0.2) is 4.79 Å². The Bertz CT molecular complexity index is 602. The average molecular weight is 377 g/mol. The standard InChI is InChI=1S/C20H31N3O4/c1-2-27-19(25)21-6-4-20(12-21)8-14(9-20)23-10-15-16(11-23)17(15)18(24)22-5-3-7-26-13-22/h14-17H,2-13H2,1H3/t14?,15-,16+,17?,20?. The zero-order valence-electron chi connectivity index (χ0n) is 16.3. The molecule has 3 aliphatic heterocycles. The summed E-state index contributed by atoms with van der Waals surface area (Å²) in [7, 11) is 0. The second-order valence-corrected chi connectivity index (χ2v) is 9.23. The van der Waals surface area contributed by atoms with E-state index in [1.807, 2.05) is 16.7 Å². The van der Waals surface area contributed by atoms with Crippen LogP contribution in [0.2, 0.25) is 0 Å². The first-order valence-corrected chi connectivity index (χ1v) is 10.6. The van der Waals surface area contributed by atoms with Gasteiger partial charge in [0.05, 0.1) is 13.2 Å². The smallest absolute Gasteiger partial charge is 0.409 e. The summed E-state index contributed by atoms with van der Waals surface area (Å²) < 4.78 is 10.6. The highest BCUT2D eigenvalue weighted by Crippen LogP contribution is 2.57. The predicted molar refractivity (Wildman–Crippen MR) is 97.9 cm³/mol. The van der Waals surface area contributed by atoms with E-state index in [9.17, 15) is 9.59 Å². The summed E-state index contributed by atoms with van der Waals surface area (Å²) in [6.45, 7) is 8.30. The number of likely N-dealkylation sites (tertiary alicyclic amines) is 2. The fourth-order valence-electron chi connectivity index (χ4n) is 6.04. The van der Waals surface area contributed by atoms with Crippen LogP contribution in [0.3, 0.4) is 0 Å². The van der Waals surface area contributed by atoms with Crippen LogP contribution in [0.4, 0.5) is 4.79 Å². The van der Waals surface area contributed by atoms with Crippen molar-refractivity contribution < 1.29 is 19.1 Å². The molecule has 0 radical (unpaired) electrons. The fourth-order valence-corrected chi connectivity index (χ4v) is 6.04. The average Bonchev–Trinajstić information content (AvgIpc) is 3.02. The maximum Gasteiger partial charge on any atom is 0.409 e. The van der Waals surface area contributed by atoms with E-state index >= 15 is 0 Å². The van der Waals surface area contributed by atoms with Gasteiger partial charge in [-0.15, -0.1) is 0 Å². The van der Waals surface area contributed by atoms with Crippen LogP contribution in [-0.4, -0.2) is 85.4 Å². The van der Waals surface area contributed by atoms with Crippen LogP contribution in [0.25, 0.3) is 0 Å². The number of hydrogen-bond acceptors (Lipinski definition) is 5. The number of ether oxygens (including phenoxy) is 2. The van der Waals surface area contributed by atoms with Gasteiger partial charge in [0.15, 0.2) is 0 Å². The van der Waals surface area contributed by atoms with Crippen molar-refractivity contribution in [2.75, 3.05) is 52.7 Å². The number of piperidine rings is 1. The van der Waals surface area contributed by atoms with Crippen LogP contribution in [-0.2, 0) is 14.3 Å². The van der Waals surface area contributed by atoms with Crippen LogP contribution in [0.1, 0.15) is 32.6 Å². The minimum absolute atomic E-state index is 0.150. The zero-order chi connectivity index (χ0) is 18.6. The minimum Gasteiger partial charge on any atom is -0.450 e. The Morgan fingerprint density at radius 2 is 1.93 bits per heavy atom. The van der Waals surface area contributed by atoms with Crippen LogP contribution in [0.15, 0.2) is 0 Å². The van der Waals surface area contributed by atoms with E-state index < -0.39 is 0 Å². The first-order chi connectivity index (χ1) is 13.1. The van der Waals surface area contributed by atoms with Crippen LogP contribution >= 0.6 is 0 Å². The molecule has 5 aliphatic rings. The van der Waals surface area contributed by atoms with E-state index in [2.05, 4.69) is 4.90 Å². The molecule has 1 unspecified atom stereocenters. The third-order valence-corrected chi connectivity index (χ3v) is 7.60. The molecule has 3 atom stereocenters. The Hall–Kier alpha value is -1.34. The molecule has 1 spiro atoms. The van der Waals surface area contributed by atoms with E-state index in [1.54, 1.807) is 0 Å². The number of hydrogen-bond donors (Lipinski definition) is 0. The van der Waals surface area contributed by atoms with Crippen molar-refractivity contribution in [2.45, 2.75) is 38.6 Å². The summed E-state index contributed by atoms with van der Waals surface area (Å²) in [6.07, 6.45) is 4.32. The second-order valence-electron chi connectivity index (χ2n) is 9.23. The Morgan fingerprint density at radius 1 is 1.15 bits per heavy atom. The number of carbonyl (C=O) groups excluding carboxylic acids is 2. The molecule has 2 aliphatic carbocycles. The lowest BCUT2D eigenvalue weighted by molar-refractivity contribution is -0.143. The van der Waals surface area contributed by atoms with Gasteiger partial charge in [0.2, 0.25) is 5.91 Å². The van der Waals surface area contributed by atoms with Crippen molar-refractivity contribution in [3.05, 3.63) is 0 Å². The second kappa shape index (κ2) is 6.62. The van der Waals surface area contributed by atoms with Crippen molar-refractivity contribution in [2.24, 2.45) is 23.2 Å². The van der Waals surface area contributed by atoms with Gasteiger partial charge in [0.25, 0.3) is 0 Å². The number of fused-ring (bicyclic) bond motifs is 1. The molecule has 5 fully saturated rings. The van der Waals surface area contributed by atoms with E-state index in [0.717, 1.165) is 52.2 Å². The van der Waals surface area contributed by atoms with Crippen LogP contribution in [0, 0.1) is 23.2 Å². The van der Waals surface area contributed by atoms with Crippen LogP contribution < -0.4 is 0 Å². The molecular weight excluding hydrogens is 346 g/mol. The third-order valence-electron chi connectivity index (χ3n) is 7.60. The van der Waals surface area contributed by atoms with Crippen molar-refractivity contribution in [3.63, 3.8) is 0 Å². The highest BCUT2D eigenvalue weighted by Gasteiger charge is 2.62. The van der Waals surface area contributed by atoms with Gasteiger partial charge >= 0.3 is 6.09 Å². The van der Waals surface area contributed by atoms with Crippen LogP contribution in [0.5, 0.6) is 0 Å². The predicted octanol–water partition coefficient (Wildman–Crippen LogP) is 1.38. The van der Waals surface area contributed by atoms with Crippen molar-refractivity contribution in [3.8, 4) is 0 Å². The summed E-state index contributed by atoms with van der Waals surface area (Å²) in [6, 6.07) is 0.647. The lowest BCUT2D eigenvalue weighted by Gasteiger charge is -2.49. The SMILES string of the molecule is CCOC(=O)N1CCC2(CC(N3C[C@@H]4C(C(=O)N5CCCOC5)[C@@H]4C3)C2)C1. The molecule has 7 nitrogen and oxygen atoms in total. The molecule has 0 aromatic rings. The highest BCUT2D eigenvalue weighted by molar-refractivity contribution is 5.82. The summed E-state index contributed by atoms with van der Waals surface area (Å²) in [5.74, 6) is 1.71. The van der Waals surface area contributed by atoms with Gasteiger partial charge in [0, 0.05) is 44.7 Å². The number of amides is 2. The molecule has 3 heterocycles. The van der Waals surface area contributed by atoms with E-state index in [4.69, 9.17) is 9.47 Å². The topological polar surface area (TPSA) is 62.3 Å².